The number of piperidine rings is 1. The van der Waals surface area contributed by atoms with Crippen LogP contribution in [0.25, 0.3) is 0 Å². The minimum absolute atomic E-state index is 0.0284. The summed E-state index contributed by atoms with van der Waals surface area (Å²) in [6.07, 6.45) is 3.83. The number of benzene rings is 2. The molecule has 0 spiro atoms. The number of rotatable bonds is 4. The van der Waals surface area contributed by atoms with Crippen molar-refractivity contribution in [1.29, 1.82) is 0 Å². The Balaban J connectivity index is 1.55. The number of hydrogen-bond donors (Lipinski definition) is 0. The van der Waals surface area contributed by atoms with Gasteiger partial charge in [-0.25, -0.2) is 4.39 Å². The Bertz CT molecular complexity index is 787. The zero-order valence-electron chi connectivity index (χ0n) is 15.4. The number of halogens is 1. The number of hydrogen-bond acceptors (Lipinski definition) is 3. The van der Waals surface area contributed by atoms with Gasteiger partial charge in [0, 0.05) is 19.6 Å². The fraction of sp³-hybridized carbons (Fsp3) is 0.409. The van der Waals surface area contributed by atoms with Crippen molar-refractivity contribution in [2.24, 2.45) is 0 Å². The summed E-state index contributed by atoms with van der Waals surface area (Å²) in [6.45, 7) is 2.83. The third-order valence-corrected chi connectivity index (χ3v) is 5.43. The summed E-state index contributed by atoms with van der Waals surface area (Å²) in [5.41, 5.74) is 2.01. The van der Waals surface area contributed by atoms with E-state index in [1.165, 1.54) is 18.6 Å². The predicted octanol–water partition coefficient (Wildman–Crippen LogP) is 4.00. The summed E-state index contributed by atoms with van der Waals surface area (Å²) in [7, 11) is 0. The van der Waals surface area contributed by atoms with Gasteiger partial charge >= 0.3 is 0 Å². The first kappa shape index (κ1) is 17.8. The molecule has 1 unspecified atom stereocenters. The van der Waals surface area contributed by atoms with E-state index in [1.807, 2.05) is 29.2 Å². The molecule has 0 bridgehead atoms. The summed E-state index contributed by atoms with van der Waals surface area (Å²) in [5, 5.41) is 0. The quantitative estimate of drug-likeness (QED) is 0.818. The minimum Gasteiger partial charge on any atom is -0.489 e. The van der Waals surface area contributed by atoms with Crippen LogP contribution in [0.15, 0.2) is 48.5 Å². The number of amides is 1. The van der Waals surface area contributed by atoms with E-state index in [2.05, 4.69) is 4.90 Å². The maximum atomic E-state index is 13.3. The Kier molecular flexibility index (Phi) is 5.28. The van der Waals surface area contributed by atoms with Crippen LogP contribution in [-0.4, -0.2) is 36.5 Å². The highest BCUT2D eigenvalue weighted by Gasteiger charge is 2.31. The van der Waals surface area contributed by atoms with Crippen LogP contribution < -0.4 is 9.64 Å². The summed E-state index contributed by atoms with van der Waals surface area (Å²) >= 11 is 0. The second kappa shape index (κ2) is 7.99. The Hall–Kier alpha value is -2.56. The van der Waals surface area contributed by atoms with E-state index >= 15 is 0 Å². The van der Waals surface area contributed by atoms with Crippen LogP contribution in [-0.2, 0) is 11.3 Å². The predicted molar refractivity (Wildman–Crippen MR) is 103 cm³/mol. The summed E-state index contributed by atoms with van der Waals surface area (Å²) < 4.78 is 19.2. The van der Waals surface area contributed by atoms with Gasteiger partial charge in [0.05, 0.1) is 18.2 Å². The Morgan fingerprint density at radius 1 is 1.04 bits per heavy atom. The molecule has 0 radical (unpaired) electrons. The fourth-order valence-electron chi connectivity index (χ4n) is 3.93. The molecule has 1 fully saturated rings. The molecule has 5 heteroatoms. The standard InChI is InChI=1S/C22H25FN2O2/c23-18-10-8-17(9-11-18)15-25-19(14-22(26)24-12-4-1-5-13-24)16-27-21-7-3-2-6-20(21)25/h2-3,6-11,19H,1,4-5,12-16H2. The number of likely N-dealkylation sites (tertiary alicyclic amines) is 1. The van der Waals surface area contributed by atoms with Crippen LogP contribution >= 0.6 is 0 Å². The molecule has 142 valence electrons. The molecule has 4 rings (SSSR count). The number of para-hydroxylation sites is 2. The van der Waals surface area contributed by atoms with E-state index in [9.17, 15) is 9.18 Å². The molecule has 0 saturated carbocycles. The molecule has 4 nitrogen and oxygen atoms in total. The maximum Gasteiger partial charge on any atom is 0.224 e. The SMILES string of the molecule is O=C(CC1COc2ccccc2N1Cc1ccc(F)cc1)N1CCCCC1. The topological polar surface area (TPSA) is 32.8 Å². The van der Waals surface area contributed by atoms with Crippen molar-refractivity contribution in [1.82, 2.24) is 4.90 Å². The molecule has 0 N–H and O–H groups in total. The molecule has 1 saturated heterocycles. The Morgan fingerprint density at radius 2 is 1.78 bits per heavy atom. The number of nitrogens with zero attached hydrogens (tertiary/aromatic N) is 2. The van der Waals surface area contributed by atoms with Crippen molar-refractivity contribution >= 4 is 11.6 Å². The van der Waals surface area contributed by atoms with Crippen LogP contribution in [0, 0.1) is 5.82 Å². The molecule has 2 heterocycles. The van der Waals surface area contributed by atoms with Crippen LogP contribution in [0.5, 0.6) is 5.75 Å². The van der Waals surface area contributed by atoms with Crippen LogP contribution in [0.2, 0.25) is 0 Å². The molecule has 1 amide bonds. The van der Waals surface area contributed by atoms with Crippen molar-refractivity contribution in [2.45, 2.75) is 38.3 Å². The highest BCUT2D eigenvalue weighted by molar-refractivity contribution is 5.78. The van der Waals surface area contributed by atoms with Crippen molar-refractivity contribution in [2.75, 3.05) is 24.6 Å². The number of carbonyl (C=O) groups is 1. The van der Waals surface area contributed by atoms with Gasteiger partial charge in [-0.15, -0.1) is 0 Å². The number of carbonyl (C=O) groups excluding carboxylic acids is 1. The average Bonchev–Trinajstić information content (AvgIpc) is 2.72. The van der Waals surface area contributed by atoms with Gasteiger partial charge in [0.1, 0.15) is 18.2 Å². The zero-order chi connectivity index (χ0) is 18.6. The van der Waals surface area contributed by atoms with Gasteiger partial charge < -0.3 is 14.5 Å². The Morgan fingerprint density at radius 3 is 2.56 bits per heavy atom. The lowest BCUT2D eigenvalue weighted by Crippen LogP contribution is -2.47. The first-order valence-corrected chi connectivity index (χ1v) is 9.71. The van der Waals surface area contributed by atoms with Gasteiger partial charge in [0.2, 0.25) is 5.91 Å². The molecule has 2 aliphatic heterocycles. The van der Waals surface area contributed by atoms with Gasteiger partial charge in [-0.1, -0.05) is 24.3 Å². The molecular formula is C22H25FN2O2. The number of ether oxygens (including phenoxy) is 1. The second-order valence-corrected chi connectivity index (χ2v) is 7.33. The third kappa shape index (κ3) is 4.07. The van der Waals surface area contributed by atoms with Gasteiger partial charge in [-0.05, 0) is 49.1 Å². The van der Waals surface area contributed by atoms with E-state index in [1.54, 1.807) is 12.1 Å². The van der Waals surface area contributed by atoms with E-state index in [-0.39, 0.29) is 17.8 Å². The highest BCUT2D eigenvalue weighted by atomic mass is 19.1. The second-order valence-electron chi connectivity index (χ2n) is 7.33. The molecule has 2 aromatic carbocycles. The Labute approximate surface area is 159 Å². The van der Waals surface area contributed by atoms with E-state index in [0.29, 0.717) is 19.6 Å². The van der Waals surface area contributed by atoms with Gasteiger partial charge in [0.15, 0.2) is 0 Å². The summed E-state index contributed by atoms with van der Waals surface area (Å²) in [6, 6.07) is 14.5. The van der Waals surface area contributed by atoms with Crippen molar-refractivity contribution in [3.8, 4) is 5.75 Å². The molecular weight excluding hydrogens is 343 g/mol. The zero-order valence-corrected chi connectivity index (χ0v) is 15.4. The largest absolute Gasteiger partial charge is 0.489 e. The van der Waals surface area contributed by atoms with Crippen molar-refractivity contribution in [3.05, 3.63) is 59.9 Å². The van der Waals surface area contributed by atoms with E-state index in [0.717, 1.165) is 42.9 Å². The van der Waals surface area contributed by atoms with E-state index in [4.69, 9.17) is 4.74 Å². The normalized spacial score (nSPS) is 19.4. The highest BCUT2D eigenvalue weighted by Crippen LogP contribution is 2.35. The average molecular weight is 368 g/mol. The molecule has 0 aromatic heterocycles. The first-order valence-electron chi connectivity index (χ1n) is 9.71. The van der Waals surface area contributed by atoms with Crippen molar-refractivity contribution < 1.29 is 13.9 Å². The lowest BCUT2D eigenvalue weighted by Gasteiger charge is -2.39. The van der Waals surface area contributed by atoms with Crippen LogP contribution in [0.3, 0.4) is 0 Å². The summed E-state index contributed by atoms with van der Waals surface area (Å²) in [4.78, 5) is 17.0. The maximum absolute atomic E-state index is 13.3. The first-order chi connectivity index (χ1) is 13.2. The molecule has 1 atom stereocenters. The smallest absolute Gasteiger partial charge is 0.224 e. The van der Waals surface area contributed by atoms with Crippen LogP contribution in [0.4, 0.5) is 10.1 Å². The van der Waals surface area contributed by atoms with Gasteiger partial charge in [-0.3, -0.25) is 4.79 Å². The lowest BCUT2D eigenvalue weighted by atomic mass is 10.0. The molecule has 2 aromatic rings. The fourth-order valence-corrected chi connectivity index (χ4v) is 3.93. The third-order valence-electron chi connectivity index (χ3n) is 5.43. The molecule has 0 aliphatic carbocycles. The number of fused-ring (bicyclic) bond motifs is 1. The van der Waals surface area contributed by atoms with Gasteiger partial charge in [-0.2, -0.15) is 0 Å². The van der Waals surface area contributed by atoms with E-state index < -0.39 is 0 Å². The molecule has 2 aliphatic rings. The minimum atomic E-state index is -0.238. The monoisotopic (exact) mass is 368 g/mol. The molecule has 27 heavy (non-hydrogen) atoms. The number of anilines is 1. The van der Waals surface area contributed by atoms with Gasteiger partial charge in [0.25, 0.3) is 0 Å². The van der Waals surface area contributed by atoms with Crippen LogP contribution in [0.1, 0.15) is 31.2 Å². The summed E-state index contributed by atoms with van der Waals surface area (Å²) in [5.74, 6) is 0.797. The lowest BCUT2D eigenvalue weighted by molar-refractivity contribution is -0.132. The van der Waals surface area contributed by atoms with Crippen molar-refractivity contribution in [3.63, 3.8) is 0 Å².